The van der Waals surface area contributed by atoms with E-state index in [2.05, 4.69) is 15.6 Å². The molecule has 1 aliphatic rings. The minimum absolute atomic E-state index is 0.182. The minimum atomic E-state index is -0.820. The quantitative estimate of drug-likeness (QED) is 0.885. The molecule has 23 heavy (non-hydrogen) atoms. The summed E-state index contributed by atoms with van der Waals surface area (Å²) in [5.41, 5.74) is -0.0218. The molecule has 1 saturated carbocycles. The number of fused-ring (bicyclic) bond motifs is 1. The van der Waals surface area contributed by atoms with Gasteiger partial charge >= 0.3 is 0 Å². The van der Waals surface area contributed by atoms with E-state index in [1.54, 1.807) is 6.07 Å². The molecule has 5 nitrogen and oxygen atoms in total. The van der Waals surface area contributed by atoms with Gasteiger partial charge in [0.15, 0.2) is 5.13 Å². The number of benzene rings is 1. The van der Waals surface area contributed by atoms with E-state index >= 15 is 0 Å². The van der Waals surface area contributed by atoms with Gasteiger partial charge in [0.25, 0.3) is 5.91 Å². The highest BCUT2D eigenvalue weighted by Gasteiger charge is 2.40. The van der Waals surface area contributed by atoms with E-state index in [1.165, 1.54) is 18.3 Å². The second-order valence-corrected chi connectivity index (χ2v) is 7.38. The van der Waals surface area contributed by atoms with Crippen LogP contribution in [0.1, 0.15) is 39.0 Å². The Kier molecular flexibility index (Phi) is 4.55. The fourth-order valence-electron chi connectivity index (χ4n) is 3.07. The predicted octanol–water partition coefficient (Wildman–Crippen LogP) is 3.73. The van der Waals surface area contributed by atoms with Gasteiger partial charge in [-0.25, -0.2) is 4.98 Å². The number of nitrogens with one attached hydrogen (secondary N) is 2. The Bertz CT molecular complexity index is 753. The van der Waals surface area contributed by atoms with Crippen LogP contribution < -0.4 is 10.6 Å². The van der Waals surface area contributed by atoms with E-state index in [0.717, 1.165) is 29.5 Å². The van der Waals surface area contributed by atoms with Crippen LogP contribution in [-0.2, 0) is 9.59 Å². The van der Waals surface area contributed by atoms with Gasteiger partial charge < -0.3 is 5.32 Å². The zero-order valence-corrected chi connectivity index (χ0v) is 14.4. The lowest BCUT2D eigenvalue weighted by Crippen LogP contribution is -2.57. The van der Waals surface area contributed by atoms with Gasteiger partial charge in [0.1, 0.15) is 5.54 Å². The molecule has 0 atom stereocenters. The third kappa shape index (κ3) is 3.48. The van der Waals surface area contributed by atoms with Crippen molar-refractivity contribution in [2.75, 3.05) is 5.32 Å². The summed E-state index contributed by atoms with van der Waals surface area (Å²) in [6, 6.07) is 5.43. The number of halogens is 1. The molecule has 2 N–H and O–H groups in total. The van der Waals surface area contributed by atoms with Gasteiger partial charge in [0.2, 0.25) is 5.91 Å². The molecule has 0 radical (unpaired) electrons. The fraction of sp³-hybridized carbons (Fsp3) is 0.438. The van der Waals surface area contributed by atoms with Crippen molar-refractivity contribution in [2.45, 2.75) is 44.6 Å². The van der Waals surface area contributed by atoms with E-state index < -0.39 is 5.54 Å². The molecule has 7 heteroatoms. The molecular weight excluding hydrogens is 334 g/mol. The van der Waals surface area contributed by atoms with Crippen LogP contribution in [0.3, 0.4) is 0 Å². The molecule has 0 aliphatic heterocycles. The van der Waals surface area contributed by atoms with Crippen LogP contribution in [0.4, 0.5) is 5.13 Å². The van der Waals surface area contributed by atoms with Crippen molar-refractivity contribution >= 4 is 50.1 Å². The van der Waals surface area contributed by atoms with Crippen LogP contribution in [0.2, 0.25) is 5.02 Å². The second-order valence-electron chi connectivity index (χ2n) is 5.91. The van der Waals surface area contributed by atoms with Gasteiger partial charge in [0, 0.05) is 11.9 Å². The molecule has 0 saturated heterocycles. The molecule has 1 fully saturated rings. The van der Waals surface area contributed by atoms with E-state index in [0.29, 0.717) is 23.0 Å². The minimum Gasteiger partial charge on any atom is -0.342 e. The van der Waals surface area contributed by atoms with E-state index in [1.807, 2.05) is 12.1 Å². The Balaban J connectivity index is 1.83. The first kappa shape index (κ1) is 16.2. The number of anilines is 1. The first-order valence-corrected chi connectivity index (χ1v) is 8.84. The standard InChI is InChI=1S/C16H18ClN3O2S/c1-10(21)20-16(7-3-2-4-8-16)14(22)19-15-18-12-6-5-11(17)9-13(12)23-15/h5-6,9H,2-4,7-8H2,1H3,(H,20,21)(H,18,19,22). The maximum Gasteiger partial charge on any atom is 0.251 e. The van der Waals surface area contributed by atoms with Gasteiger partial charge in [-0.15, -0.1) is 0 Å². The Morgan fingerprint density at radius 3 is 2.70 bits per heavy atom. The summed E-state index contributed by atoms with van der Waals surface area (Å²) in [4.78, 5) is 28.7. The summed E-state index contributed by atoms with van der Waals surface area (Å²) >= 11 is 7.36. The third-order valence-corrected chi connectivity index (χ3v) is 5.30. The monoisotopic (exact) mass is 351 g/mol. The summed E-state index contributed by atoms with van der Waals surface area (Å²) < 4.78 is 0.921. The first-order chi connectivity index (χ1) is 11.0. The lowest BCUT2D eigenvalue weighted by molar-refractivity contribution is -0.130. The molecule has 2 aromatic rings. The predicted molar refractivity (Wildman–Crippen MR) is 92.9 cm³/mol. The van der Waals surface area contributed by atoms with Crippen LogP contribution in [0.5, 0.6) is 0 Å². The number of amides is 2. The van der Waals surface area contributed by atoms with Crippen LogP contribution in [0.15, 0.2) is 18.2 Å². The number of thiazole rings is 1. The number of carbonyl (C=O) groups is 2. The average molecular weight is 352 g/mol. The molecule has 122 valence electrons. The Morgan fingerprint density at radius 1 is 1.26 bits per heavy atom. The highest BCUT2D eigenvalue weighted by atomic mass is 35.5. The number of hydrogen-bond donors (Lipinski definition) is 2. The van der Waals surface area contributed by atoms with E-state index in [9.17, 15) is 9.59 Å². The normalized spacial score (nSPS) is 17.0. The number of carbonyl (C=O) groups excluding carboxylic acids is 2. The van der Waals surface area contributed by atoms with E-state index in [4.69, 9.17) is 11.6 Å². The smallest absolute Gasteiger partial charge is 0.251 e. The Hall–Kier alpha value is -1.66. The lowest BCUT2D eigenvalue weighted by Gasteiger charge is -2.35. The summed E-state index contributed by atoms with van der Waals surface area (Å²) in [5.74, 6) is -0.365. The number of aromatic nitrogens is 1. The first-order valence-electron chi connectivity index (χ1n) is 7.65. The summed E-state index contributed by atoms with van der Waals surface area (Å²) in [7, 11) is 0. The third-order valence-electron chi connectivity index (χ3n) is 4.13. The zero-order valence-electron chi connectivity index (χ0n) is 12.8. The highest BCUT2D eigenvalue weighted by molar-refractivity contribution is 7.22. The van der Waals surface area contributed by atoms with Crippen molar-refractivity contribution in [2.24, 2.45) is 0 Å². The van der Waals surface area contributed by atoms with Crippen LogP contribution in [-0.4, -0.2) is 22.3 Å². The number of hydrogen-bond acceptors (Lipinski definition) is 4. The summed E-state index contributed by atoms with van der Waals surface area (Å²) in [6.07, 6.45) is 4.28. The largest absolute Gasteiger partial charge is 0.342 e. The molecule has 3 rings (SSSR count). The molecule has 1 heterocycles. The van der Waals surface area contributed by atoms with Crippen molar-refractivity contribution in [1.29, 1.82) is 0 Å². The van der Waals surface area contributed by atoms with Gasteiger partial charge in [-0.1, -0.05) is 42.2 Å². The maximum atomic E-state index is 12.8. The summed E-state index contributed by atoms with van der Waals surface area (Å²) in [6.45, 7) is 1.45. The summed E-state index contributed by atoms with van der Waals surface area (Å²) in [5, 5.41) is 6.91. The SMILES string of the molecule is CC(=O)NC1(C(=O)Nc2nc3ccc(Cl)cc3s2)CCCCC1. The van der Waals surface area contributed by atoms with Crippen molar-refractivity contribution in [3.05, 3.63) is 23.2 Å². The molecule has 1 aromatic heterocycles. The van der Waals surface area contributed by atoms with Crippen molar-refractivity contribution < 1.29 is 9.59 Å². The highest BCUT2D eigenvalue weighted by Crippen LogP contribution is 2.32. The molecule has 2 amide bonds. The van der Waals surface area contributed by atoms with Crippen molar-refractivity contribution in [3.63, 3.8) is 0 Å². The zero-order chi connectivity index (χ0) is 16.4. The van der Waals surface area contributed by atoms with Gasteiger partial charge in [0.05, 0.1) is 10.2 Å². The molecule has 0 spiro atoms. The van der Waals surface area contributed by atoms with Gasteiger partial charge in [-0.3, -0.25) is 14.9 Å². The number of nitrogens with zero attached hydrogens (tertiary/aromatic N) is 1. The van der Waals surface area contributed by atoms with Crippen molar-refractivity contribution in [1.82, 2.24) is 10.3 Å². The van der Waals surface area contributed by atoms with Gasteiger partial charge in [-0.2, -0.15) is 0 Å². The van der Waals surface area contributed by atoms with E-state index in [-0.39, 0.29) is 11.8 Å². The van der Waals surface area contributed by atoms with Crippen LogP contribution >= 0.6 is 22.9 Å². The second kappa shape index (κ2) is 6.45. The Morgan fingerprint density at radius 2 is 2.00 bits per heavy atom. The maximum absolute atomic E-state index is 12.8. The lowest BCUT2D eigenvalue weighted by atomic mass is 9.81. The topological polar surface area (TPSA) is 71.1 Å². The molecule has 0 bridgehead atoms. The van der Waals surface area contributed by atoms with Gasteiger partial charge in [-0.05, 0) is 31.0 Å². The van der Waals surface area contributed by atoms with Crippen molar-refractivity contribution in [3.8, 4) is 0 Å². The molecule has 1 aromatic carbocycles. The van der Waals surface area contributed by atoms with Crippen LogP contribution in [0, 0.1) is 0 Å². The number of rotatable bonds is 3. The average Bonchev–Trinajstić information content (AvgIpc) is 2.88. The molecule has 0 unspecified atom stereocenters. The van der Waals surface area contributed by atoms with Crippen LogP contribution in [0.25, 0.3) is 10.2 Å². The molecule has 1 aliphatic carbocycles. The molecular formula is C16H18ClN3O2S. The fourth-order valence-corrected chi connectivity index (χ4v) is 4.21. The Labute approximate surface area is 143 Å².